The second kappa shape index (κ2) is 16.8. The minimum atomic E-state index is -2.12. The predicted octanol–water partition coefficient (Wildman–Crippen LogP) is 1.52. The van der Waals surface area contributed by atoms with Gasteiger partial charge in [-0.2, -0.15) is 0 Å². The van der Waals surface area contributed by atoms with Crippen LogP contribution in [0.2, 0.25) is 0 Å². The minimum absolute atomic E-state index is 0.00367. The van der Waals surface area contributed by atoms with E-state index in [1.165, 1.54) is 18.4 Å². The van der Waals surface area contributed by atoms with Crippen LogP contribution in [0.15, 0.2) is 41.2 Å². The van der Waals surface area contributed by atoms with Gasteiger partial charge in [-0.25, -0.2) is 9.78 Å². The Kier molecular flexibility index (Phi) is 12.6. The van der Waals surface area contributed by atoms with Crippen LogP contribution in [-0.4, -0.2) is 91.3 Å². The van der Waals surface area contributed by atoms with Gasteiger partial charge in [0.15, 0.2) is 5.60 Å². The molecule has 4 rings (SSSR count). The Bertz CT molecular complexity index is 1710. The zero-order chi connectivity index (χ0) is 34.7. The van der Waals surface area contributed by atoms with Crippen molar-refractivity contribution >= 4 is 34.8 Å². The van der Waals surface area contributed by atoms with Crippen molar-refractivity contribution in [2.45, 2.75) is 45.9 Å². The summed E-state index contributed by atoms with van der Waals surface area (Å²) in [6.07, 6.45) is -0.738. The van der Waals surface area contributed by atoms with Gasteiger partial charge in [0, 0.05) is 43.5 Å². The molecule has 3 aromatic rings. The first-order valence-corrected chi connectivity index (χ1v) is 15.5. The quantitative estimate of drug-likeness (QED) is 0.0836. The molecular weight excluding hydrogens is 628 g/mol. The lowest BCUT2D eigenvalue weighted by atomic mass is 9.86. The van der Waals surface area contributed by atoms with E-state index in [1.807, 2.05) is 30.3 Å². The second-order valence-corrected chi connectivity index (χ2v) is 10.9. The zero-order valence-electron chi connectivity index (χ0n) is 27.2. The second-order valence-electron chi connectivity index (χ2n) is 10.9. The van der Waals surface area contributed by atoms with Crippen molar-refractivity contribution in [3.05, 3.63) is 63.4 Å². The van der Waals surface area contributed by atoms with E-state index < -0.39 is 41.7 Å². The molecule has 0 radical (unpaired) electrons. The average Bonchev–Trinajstić information content (AvgIpc) is 3.42. The molecule has 0 unspecified atom stereocenters. The number of hydrogen-bond donors (Lipinski definition) is 3. The number of carbonyl (C=O) groups is 4. The summed E-state index contributed by atoms with van der Waals surface area (Å²) in [5.74, 6) is -1.81. The number of esters is 2. The molecule has 2 aromatic heterocycles. The molecule has 48 heavy (non-hydrogen) atoms. The number of benzene rings is 1. The zero-order valence-corrected chi connectivity index (χ0v) is 27.2. The first-order valence-electron chi connectivity index (χ1n) is 15.5. The number of hydrogen-bond acceptors (Lipinski definition) is 12. The predicted molar refractivity (Wildman–Crippen MR) is 171 cm³/mol. The third-order valence-electron chi connectivity index (χ3n) is 7.57. The van der Waals surface area contributed by atoms with Gasteiger partial charge in [0.05, 0.1) is 55.4 Å². The molecule has 0 aliphatic carbocycles. The average molecular weight is 669 g/mol. The summed E-state index contributed by atoms with van der Waals surface area (Å²) in [6, 6.07) is 11.1. The number of rotatable bonds is 17. The van der Waals surface area contributed by atoms with E-state index >= 15 is 0 Å². The summed E-state index contributed by atoms with van der Waals surface area (Å²) in [6.45, 7) is 4.83. The lowest BCUT2D eigenvalue weighted by molar-refractivity contribution is -0.143. The van der Waals surface area contributed by atoms with Crippen LogP contribution in [-0.2, 0) is 56.8 Å². The summed E-state index contributed by atoms with van der Waals surface area (Å²) in [5.41, 5.74) is 0.0234. The molecule has 0 bridgehead atoms. The summed E-state index contributed by atoms with van der Waals surface area (Å²) >= 11 is 0. The SMILES string of the molecule is CC[C@@](O)(C(=O)NCCOCCOCCNC(=O)OCCOC(C)=O)c1cc2n(c(=O)c1COC(C)=O)Cc1cc3ccccc3nc1-2. The number of nitrogens with one attached hydrogen (secondary N) is 2. The molecule has 1 aliphatic rings. The molecule has 1 atom stereocenters. The summed E-state index contributed by atoms with van der Waals surface area (Å²) in [7, 11) is 0. The lowest BCUT2D eigenvalue weighted by Gasteiger charge is -2.29. The van der Waals surface area contributed by atoms with E-state index in [2.05, 4.69) is 15.4 Å². The molecule has 1 aliphatic heterocycles. The number of pyridine rings is 2. The fourth-order valence-corrected chi connectivity index (χ4v) is 5.17. The van der Waals surface area contributed by atoms with Gasteiger partial charge in [-0.3, -0.25) is 19.2 Å². The van der Waals surface area contributed by atoms with Gasteiger partial charge in [-0.05, 0) is 24.6 Å². The Labute approximate surface area is 276 Å². The maximum atomic E-state index is 13.8. The molecule has 0 spiro atoms. The highest BCUT2D eigenvalue weighted by atomic mass is 16.6. The van der Waals surface area contributed by atoms with Crippen molar-refractivity contribution in [3.63, 3.8) is 0 Å². The highest BCUT2D eigenvalue weighted by molar-refractivity contribution is 5.88. The Morgan fingerprint density at radius 3 is 2.25 bits per heavy atom. The molecule has 258 valence electrons. The molecule has 0 fully saturated rings. The minimum Gasteiger partial charge on any atom is -0.462 e. The van der Waals surface area contributed by atoms with Gasteiger partial charge in [0.25, 0.3) is 11.5 Å². The van der Waals surface area contributed by atoms with Gasteiger partial charge >= 0.3 is 18.0 Å². The Hall–Kier alpha value is -4.86. The number of aliphatic hydroxyl groups is 1. The smallest absolute Gasteiger partial charge is 0.407 e. The van der Waals surface area contributed by atoms with Crippen LogP contribution in [0.1, 0.15) is 43.9 Å². The van der Waals surface area contributed by atoms with Crippen molar-refractivity contribution in [2.75, 3.05) is 52.7 Å². The third-order valence-corrected chi connectivity index (χ3v) is 7.57. The van der Waals surface area contributed by atoms with Crippen molar-refractivity contribution in [1.82, 2.24) is 20.2 Å². The molecule has 15 heteroatoms. The van der Waals surface area contributed by atoms with E-state index in [0.717, 1.165) is 16.5 Å². The van der Waals surface area contributed by atoms with E-state index in [0.29, 0.717) is 11.4 Å². The molecule has 0 saturated carbocycles. The molecule has 2 amide bonds. The number of nitrogens with zero attached hydrogens (tertiary/aromatic N) is 2. The maximum absolute atomic E-state index is 13.8. The van der Waals surface area contributed by atoms with Crippen LogP contribution in [0, 0.1) is 0 Å². The van der Waals surface area contributed by atoms with E-state index in [4.69, 9.17) is 23.9 Å². The number of ether oxygens (including phenoxy) is 5. The molecule has 1 aromatic carbocycles. The van der Waals surface area contributed by atoms with Gasteiger partial charge < -0.3 is 44.0 Å². The molecule has 3 N–H and O–H groups in total. The van der Waals surface area contributed by atoms with Crippen LogP contribution in [0.25, 0.3) is 22.3 Å². The van der Waals surface area contributed by atoms with Crippen molar-refractivity contribution in [2.24, 2.45) is 0 Å². The highest BCUT2D eigenvalue weighted by Gasteiger charge is 2.41. The van der Waals surface area contributed by atoms with Crippen LogP contribution < -0.4 is 16.2 Å². The number of para-hydroxylation sites is 1. The normalized spacial score (nSPS) is 12.8. The number of alkyl carbamates (subject to hydrolysis) is 1. The number of aromatic nitrogens is 2. The fraction of sp³-hybridized carbons (Fsp3) is 0.455. The number of fused-ring (bicyclic) bond motifs is 4. The first kappa shape index (κ1) is 36.0. The fourth-order valence-electron chi connectivity index (χ4n) is 5.17. The van der Waals surface area contributed by atoms with Crippen LogP contribution >= 0.6 is 0 Å². The molecule has 15 nitrogen and oxygen atoms in total. The lowest BCUT2D eigenvalue weighted by Crippen LogP contribution is -2.47. The summed E-state index contributed by atoms with van der Waals surface area (Å²) in [4.78, 5) is 65.9. The largest absolute Gasteiger partial charge is 0.462 e. The summed E-state index contributed by atoms with van der Waals surface area (Å²) < 4.78 is 27.1. The summed E-state index contributed by atoms with van der Waals surface area (Å²) in [5, 5.41) is 17.9. The maximum Gasteiger partial charge on any atom is 0.407 e. The Morgan fingerprint density at radius 2 is 1.56 bits per heavy atom. The van der Waals surface area contributed by atoms with E-state index in [1.54, 1.807) is 13.0 Å². The van der Waals surface area contributed by atoms with E-state index in [9.17, 15) is 29.1 Å². The number of carbonyl (C=O) groups excluding carboxylic acids is 4. The first-order chi connectivity index (χ1) is 23.0. The van der Waals surface area contributed by atoms with Crippen molar-refractivity contribution in [3.8, 4) is 11.4 Å². The van der Waals surface area contributed by atoms with Crippen molar-refractivity contribution in [1.29, 1.82) is 0 Å². The highest BCUT2D eigenvalue weighted by Crippen LogP contribution is 2.36. The molecule has 3 heterocycles. The van der Waals surface area contributed by atoms with Gasteiger partial charge in [0.2, 0.25) is 0 Å². The van der Waals surface area contributed by atoms with E-state index in [-0.39, 0.29) is 76.8 Å². The van der Waals surface area contributed by atoms with Gasteiger partial charge in [-0.1, -0.05) is 25.1 Å². The monoisotopic (exact) mass is 668 g/mol. The third kappa shape index (κ3) is 8.93. The van der Waals surface area contributed by atoms with Crippen LogP contribution in [0.3, 0.4) is 0 Å². The van der Waals surface area contributed by atoms with Crippen molar-refractivity contribution < 1.29 is 48.0 Å². The Morgan fingerprint density at radius 1 is 0.896 bits per heavy atom. The Balaban J connectivity index is 1.33. The standard InChI is InChI=1S/C33H40N4O11/c1-4-33(43,31(41)34-9-11-44-13-14-45-12-10-35-32(42)47-16-15-46-21(2)38)26-18-28-29-24(17-23-7-5-6-8-27(23)36-29)19-37(28)30(40)25(26)20-48-22(3)39/h5-8,17-18,43H,4,9-16,19-20H2,1-3H3,(H,34,41)(H,35,42)/t33-/m0/s1. The topological polar surface area (TPSA) is 194 Å². The number of amides is 2. The van der Waals surface area contributed by atoms with Gasteiger partial charge in [-0.15, -0.1) is 0 Å². The van der Waals surface area contributed by atoms with Gasteiger partial charge in [0.1, 0.15) is 19.8 Å². The molecule has 0 saturated heterocycles. The van der Waals surface area contributed by atoms with Crippen LogP contribution in [0.5, 0.6) is 0 Å². The molecular formula is C33H40N4O11. The van der Waals surface area contributed by atoms with Crippen LogP contribution in [0.4, 0.5) is 4.79 Å².